The molecule has 0 spiro atoms. The highest BCUT2D eigenvalue weighted by Gasteiger charge is 2.46. The Morgan fingerprint density at radius 2 is 1.77 bits per heavy atom. The standard InChI is InChI=1S/C35H43F2N3O4/c1-7-24(25(8-2)18-38-23(5)40-19-26-15-16-27(20-40)32(26)34(42)43-6)14-13-21(3)39-33-22(4)29(17-30(33)41)28-11-9-10-12-31(28)44-35(36)37/h7-14,18,26-27,29-30,32,35,41H,5,15-17,19-20H2,1-4,6H3/b14-13-,24-7-,25-8+,38-18?,39-21?. The number of allylic oxidation sites excluding steroid dienone is 7. The fourth-order valence-corrected chi connectivity index (χ4v) is 6.74. The summed E-state index contributed by atoms with van der Waals surface area (Å²) >= 11 is 0. The minimum atomic E-state index is -2.93. The Bertz CT molecular complexity index is 1410. The minimum absolute atomic E-state index is 0.0325. The molecule has 0 aromatic heterocycles. The van der Waals surface area contributed by atoms with Gasteiger partial charge >= 0.3 is 12.6 Å². The third-order valence-corrected chi connectivity index (χ3v) is 8.99. The number of rotatable bonds is 11. The van der Waals surface area contributed by atoms with Crippen LogP contribution < -0.4 is 4.74 Å². The van der Waals surface area contributed by atoms with Crippen molar-refractivity contribution in [3.05, 3.63) is 88.9 Å². The Morgan fingerprint density at radius 1 is 1.11 bits per heavy atom. The second-order valence-corrected chi connectivity index (χ2v) is 11.6. The lowest BCUT2D eigenvalue weighted by Gasteiger charge is -2.37. The number of carbonyl (C=O) groups excluding carboxylic acids is 1. The molecule has 0 amide bonds. The molecule has 2 bridgehead atoms. The van der Waals surface area contributed by atoms with Crippen LogP contribution in [0.15, 0.2) is 93.4 Å². The predicted octanol–water partition coefficient (Wildman–Crippen LogP) is 6.99. The predicted molar refractivity (Wildman–Crippen MR) is 170 cm³/mol. The van der Waals surface area contributed by atoms with E-state index in [2.05, 4.69) is 16.5 Å². The quantitative estimate of drug-likeness (QED) is 0.167. The van der Waals surface area contributed by atoms with Crippen LogP contribution in [0.25, 0.3) is 0 Å². The van der Waals surface area contributed by atoms with Gasteiger partial charge in [0.25, 0.3) is 0 Å². The van der Waals surface area contributed by atoms with Crippen molar-refractivity contribution >= 4 is 17.9 Å². The van der Waals surface area contributed by atoms with Crippen LogP contribution in [0, 0.1) is 17.8 Å². The maximum absolute atomic E-state index is 13.0. The van der Waals surface area contributed by atoms with Crippen molar-refractivity contribution in [3.63, 3.8) is 0 Å². The van der Waals surface area contributed by atoms with Crippen LogP contribution in [-0.4, -0.2) is 60.8 Å². The van der Waals surface area contributed by atoms with Crippen LogP contribution in [0.3, 0.4) is 0 Å². The molecule has 9 heteroatoms. The van der Waals surface area contributed by atoms with E-state index in [9.17, 15) is 18.7 Å². The summed E-state index contributed by atoms with van der Waals surface area (Å²) in [4.78, 5) is 23.8. The molecule has 7 nitrogen and oxygen atoms in total. The number of halogens is 2. The molecule has 2 fully saturated rings. The zero-order chi connectivity index (χ0) is 32.0. The topological polar surface area (TPSA) is 83.7 Å². The number of aliphatic imine (C=N–C) groups is 2. The molecular formula is C35H43F2N3O4. The molecule has 1 aliphatic heterocycles. The highest BCUT2D eigenvalue weighted by molar-refractivity contribution is 5.95. The molecule has 4 rings (SSSR count). The van der Waals surface area contributed by atoms with E-state index in [1.165, 1.54) is 13.2 Å². The smallest absolute Gasteiger partial charge is 0.387 e. The average molecular weight is 608 g/mol. The lowest BCUT2D eigenvalue weighted by Crippen LogP contribution is -2.44. The van der Waals surface area contributed by atoms with Gasteiger partial charge in [-0.3, -0.25) is 9.79 Å². The average Bonchev–Trinajstić information content (AvgIpc) is 3.43. The molecule has 3 aliphatic rings. The first kappa shape index (κ1) is 33.1. The van der Waals surface area contributed by atoms with Gasteiger partial charge in [-0.15, -0.1) is 0 Å². The molecular weight excluding hydrogens is 564 g/mol. The highest BCUT2D eigenvalue weighted by Crippen LogP contribution is 2.44. The maximum Gasteiger partial charge on any atom is 0.387 e. The SMILES string of the molecule is C=C(N=CC(=C\C)/C(/C=C\C(C)=NC1=C(C)C(c2ccccc2OC(F)F)CC1O)=C\C)N1CC2CCC(C1)C2C(=O)OC. The molecule has 1 N–H and O–H groups in total. The molecule has 4 unspecified atom stereocenters. The molecule has 0 radical (unpaired) electrons. The molecule has 2 aliphatic carbocycles. The Balaban J connectivity index is 1.44. The molecule has 236 valence electrons. The number of likely N-dealkylation sites (tertiary alicyclic amines) is 1. The highest BCUT2D eigenvalue weighted by atomic mass is 19.3. The van der Waals surface area contributed by atoms with Gasteiger partial charge in [0.1, 0.15) is 11.6 Å². The monoisotopic (exact) mass is 607 g/mol. The zero-order valence-electron chi connectivity index (χ0n) is 26.2. The number of nitrogens with zero attached hydrogens (tertiary/aromatic N) is 3. The van der Waals surface area contributed by atoms with Gasteiger partial charge in [0.05, 0.1) is 24.8 Å². The number of esters is 1. The van der Waals surface area contributed by atoms with Crippen molar-refractivity contribution in [3.8, 4) is 5.75 Å². The summed E-state index contributed by atoms with van der Waals surface area (Å²) in [6.45, 7) is 10.4. The van der Waals surface area contributed by atoms with E-state index in [1.54, 1.807) is 24.4 Å². The van der Waals surface area contributed by atoms with Crippen molar-refractivity contribution in [2.45, 2.75) is 65.6 Å². The number of benzene rings is 1. The molecule has 44 heavy (non-hydrogen) atoms. The van der Waals surface area contributed by atoms with E-state index in [0.29, 0.717) is 29.2 Å². The van der Waals surface area contributed by atoms with Gasteiger partial charge in [0.2, 0.25) is 0 Å². The fourth-order valence-electron chi connectivity index (χ4n) is 6.74. The van der Waals surface area contributed by atoms with Gasteiger partial charge < -0.3 is 19.5 Å². The van der Waals surface area contributed by atoms with Crippen molar-refractivity contribution < 1.29 is 28.2 Å². The lowest BCUT2D eigenvalue weighted by atomic mass is 9.85. The van der Waals surface area contributed by atoms with Gasteiger partial charge in [-0.05, 0) is 87.7 Å². The summed E-state index contributed by atoms with van der Waals surface area (Å²) in [7, 11) is 1.46. The van der Waals surface area contributed by atoms with Crippen LogP contribution in [0.1, 0.15) is 58.4 Å². The second-order valence-electron chi connectivity index (χ2n) is 11.6. The van der Waals surface area contributed by atoms with E-state index < -0.39 is 12.7 Å². The summed E-state index contributed by atoms with van der Waals surface area (Å²) in [6, 6.07) is 6.69. The Kier molecular flexibility index (Phi) is 11.1. The number of aliphatic hydroxyl groups excluding tert-OH is 1. The van der Waals surface area contributed by atoms with Gasteiger partial charge in [-0.2, -0.15) is 8.78 Å². The minimum Gasteiger partial charge on any atom is -0.469 e. The normalized spacial score (nSPS) is 26.4. The molecule has 4 atom stereocenters. The van der Waals surface area contributed by atoms with Crippen LogP contribution in [0.2, 0.25) is 0 Å². The maximum atomic E-state index is 13.0. The number of alkyl halides is 2. The summed E-state index contributed by atoms with van der Waals surface area (Å²) in [5.74, 6) is 0.896. The molecule has 1 heterocycles. The molecule has 1 aromatic carbocycles. The fraction of sp³-hybridized carbons (Fsp3) is 0.457. The van der Waals surface area contributed by atoms with Crippen LogP contribution in [-0.2, 0) is 9.53 Å². The summed E-state index contributed by atoms with van der Waals surface area (Å²) in [6.07, 6.45) is 11.2. The summed E-state index contributed by atoms with van der Waals surface area (Å²) in [5.41, 5.74) is 4.52. The number of aliphatic hydroxyl groups is 1. The zero-order valence-corrected chi connectivity index (χ0v) is 26.2. The number of methoxy groups -OCH3 is 1. The van der Waals surface area contributed by atoms with Gasteiger partial charge in [0, 0.05) is 36.5 Å². The van der Waals surface area contributed by atoms with E-state index in [1.807, 2.05) is 52.0 Å². The molecule has 1 saturated heterocycles. The summed E-state index contributed by atoms with van der Waals surface area (Å²) in [5, 5.41) is 10.8. The van der Waals surface area contributed by atoms with E-state index >= 15 is 0 Å². The lowest BCUT2D eigenvalue weighted by molar-refractivity contribution is -0.150. The van der Waals surface area contributed by atoms with Crippen LogP contribution >= 0.6 is 0 Å². The third-order valence-electron chi connectivity index (χ3n) is 8.99. The van der Waals surface area contributed by atoms with Crippen molar-refractivity contribution in [2.75, 3.05) is 20.2 Å². The number of carbonyl (C=O) groups is 1. The van der Waals surface area contributed by atoms with Gasteiger partial charge in [-0.1, -0.05) is 43.0 Å². The Hall–Kier alpha value is -3.85. The number of hydrogen-bond acceptors (Lipinski definition) is 7. The third kappa shape index (κ3) is 7.44. The van der Waals surface area contributed by atoms with Gasteiger partial charge in [0.15, 0.2) is 0 Å². The molecule has 1 aromatic rings. The molecule has 1 saturated carbocycles. The van der Waals surface area contributed by atoms with Crippen molar-refractivity contribution in [1.82, 2.24) is 4.90 Å². The first-order chi connectivity index (χ1) is 21.1. The second kappa shape index (κ2) is 14.8. The number of hydrogen-bond donors (Lipinski definition) is 1. The van der Waals surface area contributed by atoms with Gasteiger partial charge in [-0.25, -0.2) is 4.99 Å². The first-order valence-electron chi connectivity index (χ1n) is 15.1. The Labute approximate surface area is 259 Å². The van der Waals surface area contributed by atoms with E-state index in [-0.39, 0.29) is 35.4 Å². The van der Waals surface area contributed by atoms with E-state index in [0.717, 1.165) is 42.7 Å². The number of ether oxygens (including phenoxy) is 2. The van der Waals surface area contributed by atoms with Crippen molar-refractivity contribution in [1.29, 1.82) is 0 Å². The number of fused-ring (bicyclic) bond motifs is 2. The van der Waals surface area contributed by atoms with Crippen LogP contribution in [0.5, 0.6) is 5.75 Å². The van der Waals surface area contributed by atoms with Crippen LogP contribution in [0.4, 0.5) is 8.78 Å². The summed E-state index contributed by atoms with van der Waals surface area (Å²) < 4.78 is 35.7. The number of piperidine rings is 1. The largest absolute Gasteiger partial charge is 0.469 e. The Morgan fingerprint density at radius 3 is 2.39 bits per heavy atom. The first-order valence-corrected chi connectivity index (χ1v) is 15.1. The van der Waals surface area contributed by atoms with Crippen molar-refractivity contribution in [2.24, 2.45) is 27.7 Å². The number of para-hydroxylation sites is 1. The van der Waals surface area contributed by atoms with E-state index in [4.69, 9.17) is 14.5 Å².